The Bertz CT molecular complexity index is 1200. The average Bonchev–Trinajstić information content (AvgIpc) is 3.14. The van der Waals surface area contributed by atoms with Crippen LogP contribution in [0.5, 0.6) is 11.6 Å². The summed E-state index contributed by atoms with van der Waals surface area (Å²) in [4.78, 5) is 24.1. The lowest BCUT2D eigenvalue weighted by molar-refractivity contribution is -0.137. The van der Waals surface area contributed by atoms with Gasteiger partial charge in [-0.2, -0.15) is 13.2 Å². The number of benzene rings is 2. The summed E-state index contributed by atoms with van der Waals surface area (Å²) in [6.07, 6.45) is -3.13. The first kappa shape index (κ1) is 19.0. The number of nitrogens with zero attached hydrogens (tertiary/aromatic N) is 3. The monoisotopic (exact) mass is 415 g/mol. The summed E-state index contributed by atoms with van der Waals surface area (Å²) in [5.74, 6) is 0.492. The molecule has 29 heavy (non-hydrogen) atoms. The van der Waals surface area contributed by atoms with Crippen LogP contribution in [-0.2, 0) is 6.18 Å². The molecule has 146 valence electrons. The number of Topliss-reactive ketones (excluding diaryl/α,β-unsaturated/α-hetero) is 1. The largest absolute Gasteiger partial charge is 0.437 e. The molecule has 4 aromatic rings. The maximum Gasteiger partial charge on any atom is 0.416 e. The third-order valence-electron chi connectivity index (χ3n) is 4.05. The van der Waals surface area contributed by atoms with Crippen molar-refractivity contribution in [2.24, 2.45) is 0 Å². The summed E-state index contributed by atoms with van der Waals surface area (Å²) in [5.41, 5.74) is 0.718. The zero-order valence-corrected chi connectivity index (χ0v) is 15.7. The molecule has 0 unspecified atom stereocenters. The molecule has 0 atom stereocenters. The van der Waals surface area contributed by atoms with E-state index >= 15 is 0 Å². The number of fused-ring (bicyclic) bond motifs is 1. The molecule has 0 radical (unpaired) electrons. The van der Waals surface area contributed by atoms with E-state index in [-0.39, 0.29) is 11.7 Å². The minimum atomic E-state index is -4.40. The average molecular weight is 415 g/mol. The van der Waals surface area contributed by atoms with Crippen LogP contribution in [0.2, 0.25) is 0 Å². The van der Waals surface area contributed by atoms with E-state index in [1.807, 2.05) is 6.07 Å². The number of ether oxygens (including phenoxy) is 1. The van der Waals surface area contributed by atoms with Gasteiger partial charge in [-0.3, -0.25) is 4.79 Å². The third-order valence-corrected chi connectivity index (χ3v) is 5.17. The van der Waals surface area contributed by atoms with Gasteiger partial charge in [0, 0.05) is 18.6 Å². The second kappa shape index (κ2) is 7.25. The summed E-state index contributed by atoms with van der Waals surface area (Å²) in [5, 5.41) is 0.379. The molecule has 9 heteroatoms. The van der Waals surface area contributed by atoms with Crippen LogP contribution >= 0.6 is 11.3 Å². The molecule has 0 aliphatic rings. The molecule has 0 amide bonds. The van der Waals surface area contributed by atoms with Crippen LogP contribution in [0.15, 0.2) is 54.9 Å². The Kier molecular flexibility index (Phi) is 4.75. The highest BCUT2D eigenvalue weighted by atomic mass is 32.1. The number of aromatic nitrogens is 3. The molecule has 4 rings (SSSR count). The van der Waals surface area contributed by atoms with Gasteiger partial charge in [-0.15, -0.1) is 11.3 Å². The second-order valence-corrected chi connectivity index (χ2v) is 7.13. The van der Waals surface area contributed by atoms with E-state index in [1.165, 1.54) is 42.8 Å². The van der Waals surface area contributed by atoms with Gasteiger partial charge in [0.25, 0.3) is 0 Å². The predicted octanol–water partition coefficient (Wildman–Crippen LogP) is 5.77. The standard InChI is InChI=1S/C20H12F3N3O2S/c1-11(27)19-26-18-15(3-2-4-16(18)29-19)28-17-9-14(24-10-25-17)12-5-7-13(8-6-12)20(21,22)23/h2-10H,1H3. The van der Waals surface area contributed by atoms with E-state index < -0.39 is 11.7 Å². The van der Waals surface area contributed by atoms with Crippen molar-refractivity contribution >= 4 is 27.3 Å². The highest BCUT2D eigenvalue weighted by Crippen LogP contribution is 2.34. The number of para-hydroxylation sites is 1. The van der Waals surface area contributed by atoms with Gasteiger partial charge in [-0.25, -0.2) is 15.0 Å². The van der Waals surface area contributed by atoms with Crippen molar-refractivity contribution in [1.82, 2.24) is 15.0 Å². The van der Waals surface area contributed by atoms with Gasteiger partial charge in [0.1, 0.15) is 11.8 Å². The van der Waals surface area contributed by atoms with Crippen molar-refractivity contribution in [3.63, 3.8) is 0 Å². The smallest absolute Gasteiger partial charge is 0.416 e. The summed E-state index contributed by atoms with van der Waals surface area (Å²) < 4.78 is 44.8. The Balaban J connectivity index is 1.65. The van der Waals surface area contributed by atoms with E-state index in [1.54, 1.807) is 12.1 Å². The molecule has 2 aromatic carbocycles. The molecule has 0 aliphatic carbocycles. The first-order valence-electron chi connectivity index (χ1n) is 8.39. The van der Waals surface area contributed by atoms with Crippen molar-refractivity contribution in [3.8, 4) is 22.9 Å². The van der Waals surface area contributed by atoms with E-state index in [0.717, 1.165) is 16.8 Å². The molecule has 0 saturated carbocycles. The maximum atomic E-state index is 12.7. The number of carbonyl (C=O) groups is 1. The van der Waals surface area contributed by atoms with Crippen LogP contribution in [0.4, 0.5) is 13.2 Å². The van der Waals surface area contributed by atoms with Crippen molar-refractivity contribution in [2.45, 2.75) is 13.1 Å². The van der Waals surface area contributed by atoms with Gasteiger partial charge in [0.2, 0.25) is 5.88 Å². The molecule has 0 fully saturated rings. The van der Waals surface area contributed by atoms with E-state index in [0.29, 0.717) is 27.5 Å². The number of rotatable bonds is 4. The Morgan fingerprint density at radius 2 is 1.83 bits per heavy atom. The van der Waals surface area contributed by atoms with Crippen molar-refractivity contribution < 1.29 is 22.7 Å². The number of hydrogen-bond acceptors (Lipinski definition) is 6. The molecule has 2 heterocycles. The number of ketones is 1. The third kappa shape index (κ3) is 3.95. The van der Waals surface area contributed by atoms with Crippen LogP contribution in [0.1, 0.15) is 22.3 Å². The molecule has 5 nitrogen and oxygen atoms in total. The van der Waals surface area contributed by atoms with Gasteiger partial charge in [-0.1, -0.05) is 18.2 Å². The lowest BCUT2D eigenvalue weighted by Gasteiger charge is -2.09. The van der Waals surface area contributed by atoms with E-state index in [9.17, 15) is 18.0 Å². The van der Waals surface area contributed by atoms with Gasteiger partial charge in [0.05, 0.1) is 16.0 Å². The molecule has 2 aromatic heterocycles. The normalized spacial score (nSPS) is 11.6. The van der Waals surface area contributed by atoms with E-state index in [4.69, 9.17) is 4.74 Å². The Labute approximate surface area is 166 Å². The number of carbonyl (C=O) groups excluding carboxylic acids is 1. The predicted molar refractivity (Wildman–Crippen MR) is 102 cm³/mol. The van der Waals surface area contributed by atoms with Crippen molar-refractivity contribution in [3.05, 3.63) is 65.4 Å². The molecule has 0 saturated heterocycles. The minimum Gasteiger partial charge on any atom is -0.437 e. The zero-order chi connectivity index (χ0) is 20.6. The summed E-state index contributed by atoms with van der Waals surface area (Å²) in [7, 11) is 0. The minimum absolute atomic E-state index is 0.135. The Morgan fingerprint density at radius 3 is 2.52 bits per heavy atom. The van der Waals surface area contributed by atoms with E-state index in [2.05, 4.69) is 15.0 Å². The van der Waals surface area contributed by atoms with Crippen LogP contribution in [0, 0.1) is 0 Å². The molecule has 0 spiro atoms. The number of thiazole rings is 1. The molecular weight excluding hydrogens is 403 g/mol. The van der Waals surface area contributed by atoms with Gasteiger partial charge in [0.15, 0.2) is 16.5 Å². The maximum absolute atomic E-state index is 12.7. The van der Waals surface area contributed by atoms with Crippen molar-refractivity contribution in [1.29, 1.82) is 0 Å². The topological polar surface area (TPSA) is 65.0 Å². The quantitative estimate of drug-likeness (QED) is 0.396. The molecule has 0 aliphatic heterocycles. The van der Waals surface area contributed by atoms with Crippen LogP contribution in [-0.4, -0.2) is 20.7 Å². The molecule has 0 N–H and O–H groups in total. The Hall–Kier alpha value is -3.33. The fourth-order valence-electron chi connectivity index (χ4n) is 2.65. The Morgan fingerprint density at radius 1 is 1.07 bits per heavy atom. The summed E-state index contributed by atoms with van der Waals surface area (Å²) >= 11 is 1.27. The van der Waals surface area contributed by atoms with Gasteiger partial charge in [-0.05, 0) is 24.3 Å². The van der Waals surface area contributed by atoms with Crippen LogP contribution < -0.4 is 4.74 Å². The highest BCUT2D eigenvalue weighted by molar-refractivity contribution is 7.20. The van der Waals surface area contributed by atoms with Crippen LogP contribution in [0.3, 0.4) is 0 Å². The lowest BCUT2D eigenvalue weighted by Crippen LogP contribution is -2.04. The first-order valence-corrected chi connectivity index (χ1v) is 9.21. The number of halogens is 3. The number of alkyl halides is 3. The second-order valence-electron chi connectivity index (χ2n) is 6.10. The van der Waals surface area contributed by atoms with Crippen LogP contribution in [0.25, 0.3) is 21.5 Å². The fourth-order valence-corrected chi connectivity index (χ4v) is 3.53. The summed E-state index contributed by atoms with van der Waals surface area (Å²) in [6, 6.07) is 11.5. The number of hydrogen-bond donors (Lipinski definition) is 0. The molecule has 0 bridgehead atoms. The highest BCUT2D eigenvalue weighted by Gasteiger charge is 2.30. The first-order chi connectivity index (χ1) is 13.8. The SMILES string of the molecule is CC(=O)c1nc2c(Oc3cc(-c4ccc(C(F)(F)F)cc4)ncn3)cccc2s1. The van der Waals surface area contributed by atoms with Gasteiger partial charge >= 0.3 is 6.18 Å². The van der Waals surface area contributed by atoms with Gasteiger partial charge < -0.3 is 4.74 Å². The van der Waals surface area contributed by atoms with Crippen molar-refractivity contribution in [2.75, 3.05) is 0 Å². The summed E-state index contributed by atoms with van der Waals surface area (Å²) in [6.45, 7) is 1.44. The lowest BCUT2D eigenvalue weighted by atomic mass is 10.1. The zero-order valence-electron chi connectivity index (χ0n) is 14.9. The molecular formula is C20H12F3N3O2S. The fraction of sp³-hybridized carbons (Fsp3) is 0.100.